The molecule has 1 aliphatic carbocycles. The summed E-state index contributed by atoms with van der Waals surface area (Å²) in [6, 6.07) is 8.19. The molecule has 0 spiro atoms. The summed E-state index contributed by atoms with van der Waals surface area (Å²) >= 11 is 0. The van der Waals surface area contributed by atoms with Crippen LogP contribution in [0.4, 0.5) is 0 Å². The number of benzene rings is 1. The van der Waals surface area contributed by atoms with Crippen LogP contribution in [-0.2, 0) is 5.41 Å². The molecule has 0 atom stereocenters. The Morgan fingerprint density at radius 2 is 1.79 bits per heavy atom. The highest BCUT2D eigenvalue weighted by atomic mass is 16.1. The van der Waals surface area contributed by atoms with Crippen molar-refractivity contribution >= 4 is 5.78 Å². The van der Waals surface area contributed by atoms with Gasteiger partial charge in [0.2, 0.25) is 0 Å². The molecule has 0 amide bonds. The second-order valence-electron chi connectivity index (χ2n) is 6.82. The Morgan fingerprint density at radius 3 is 2.16 bits per heavy atom. The molecule has 0 aromatic heterocycles. The Bertz CT molecular complexity index is 449. The lowest BCUT2D eigenvalue weighted by atomic mass is 9.64. The maximum absolute atomic E-state index is 12.7. The monoisotopic (exact) mass is 259 g/mol. The van der Waals surface area contributed by atoms with Gasteiger partial charge in [0.25, 0.3) is 0 Å². The molecule has 1 fully saturated rings. The molecule has 0 radical (unpaired) electrons. The molecule has 1 saturated carbocycles. The van der Waals surface area contributed by atoms with Crippen molar-refractivity contribution in [3.05, 3.63) is 35.4 Å². The number of carbonyl (C=O) groups excluding carboxylic acids is 1. The minimum absolute atomic E-state index is 0.140. The van der Waals surface area contributed by atoms with Crippen molar-refractivity contribution in [1.29, 1.82) is 0 Å². The molecule has 1 aliphatic rings. The van der Waals surface area contributed by atoms with Gasteiger partial charge in [0.1, 0.15) is 0 Å². The largest absolute Gasteiger partial charge is 0.319 e. The van der Waals surface area contributed by atoms with Gasteiger partial charge in [-0.15, -0.1) is 0 Å². The van der Waals surface area contributed by atoms with E-state index in [1.165, 1.54) is 12.0 Å². The predicted molar refractivity (Wildman–Crippen MR) is 79.7 cm³/mol. The highest BCUT2D eigenvalue weighted by Crippen LogP contribution is 2.43. The lowest BCUT2D eigenvalue weighted by Gasteiger charge is -2.40. The van der Waals surface area contributed by atoms with Gasteiger partial charge in [-0.05, 0) is 30.9 Å². The zero-order chi connectivity index (χ0) is 14.1. The molecule has 19 heavy (non-hydrogen) atoms. The molecular formula is C17H25NO. The summed E-state index contributed by atoms with van der Waals surface area (Å²) in [5.41, 5.74) is 2.14. The molecule has 0 aliphatic heterocycles. The van der Waals surface area contributed by atoms with Gasteiger partial charge in [-0.3, -0.25) is 4.79 Å². The van der Waals surface area contributed by atoms with Crippen molar-refractivity contribution in [3.63, 3.8) is 0 Å². The van der Waals surface area contributed by atoms with Gasteiger partial charge in [0.15, 0.2) is 5.78 Å². The van der Waals surface area contributed by atoms with E-state index in [1.54, 1.807) is 0 Å². The first-order valence-corrected chi connectivity index (χ1v) is 7.19. The Labute approximate surface area is 116 Å². The molecule has 1 aromatic carbocycles. The fourth-order valence-corrected chi connectivity index (χ4v) is 2.85. The average Bonchev–Trinajstić information content (AvgIpc) is 2.32. The zero-order valence-corrected chi connectivity index (χ0v) is 12.5. The third-order valence-corrected chi connectivity index (χ3v) is 4.32. The zero-order valence-electron chi connectivity index (χ0n) is 12.5. The van der Waals surface area contributed by atoms with E-state index in [0.29, 0.717) is 5.78 Å². The van der Waals surface area contributed by atoms with Crippen molar-refractivity contribution < 1.29 is 4.79 Å². The Hall–Kier alpha value is -1.15. The van der Waals surface area contributed by atoms with Crippen LogP contribution < -0.4 is 5.32 Å². The first-order chi connectivity index (χ1) is 8.89. The SMILES string of the molecule is CNCC1(C(=O)c2ccc(C(C)(C)C)cc2)CCC1. The molecule has 2 rings (SSSR count). The Balaban J connectivity index is 2.20. The average molecular weight is 259 g/mol. The summed E-state index contributed by atoms with van der Waals surface area (Å²) in [6.45, 7) is 7.38. The van der Waals surface area contributed by atoms with Gasteiger partial charge in [-0.25, -0.2) is 0 Å². The molecule has 1 N–H and O–H groups in total. The number of ketones is 1. The van der Waals surface area contributed by atoms with Crippen LogP contribution in [0.1, 0.15) is 56.0 Å². The minimum Gasteiger partial charge on any atom is -0.319 e. The number of hydrogen-bond donors (Lipinski definition) is 1. The Morgan fingerprint density at radius 1 is 1.21 bits per heavy atom. The molecule has 104 valence electrons. The van der Waals surface area contributed by atoms with Crippen molar-refractivity contribution in [2.24, 2.45) is 5.41 Å². The summed E-state index contributed by atoms with van der Waals surface area (Å²) in [5.74, 6) is 0.313. The van der Waals surface area contributed by atoms with Crippen LogP contribution in [-0.4, -0.2) is 19.4 Å². The minimum atomic E-state index is -0.141. The molecular weight excluding hydrogens is 234 g/mol. The number of Topliss-reactive ketones (excluding diaryl/α,β-unsaturated/α-hetero) is 1. The summed E-state index contributed by atoms with van der Waals surface area (Å²) in [6.07, 6.45) is 3.22. The maximum Gasteiger partial charge on any atom is 0.170 e. The van der Waals surface area contributed by atoms with E-state index in [-0.39, 0.29) is 10.8 Å². The van der Waals surface area contributed by atoms with Crippen LogP contribution in [0.25, 0.3) is 0 Å². The first-order valence-electron chi connectivity index (χ1n) is 7.19. The third-order valence-electron chi connectivity index (χ3n) is 4.32. The van der Waals surface area contributed by atoms with E-state index in [0.717, 1.165) is 24.9 Å². The fourth-order valence-electron chi connectivity index (χ4n) is 2.85. The lowest BCUT2D eigenvalue weighted by molar-refractivity contribution is 0.0614. The Kier molecular flexibility index (Phi) is 3.82. The molecule has 0 saturated heterocycles. The quantitative estimate of drug-likeness (QED) is 0.838. The molecule has 2 nitrogen and oxygen atoms in total. The molecule has 1 aromatic rings. The molecule has 0 unspecified atom stereocenters. The second-order valence-corrected chi connectivity index (χ2v) is 6.82. The molecule has 0 heterocycles. The number of hydrogen-bond acceptors (Lipinski definition) is 2. The van der Waals surface area contributed by atoms with Gasteiger partial charge >= 0.3 is 0 Å². The van der Waals surface area contributed by atoms with E-state index < -0.39 is 0 Å². The van der Waals surface area contributed by atoms with Crippen molar-refractivity contribution in [1.82, 2.24) is 5.32 Å². The predicted octanol–water partition coefficient (Wildman–Crippen LogP) is 3.56. The van der Waals surface area contributed by atoms with E-state index in [1.807, 2.05) is 19.2 Å². The van der Waals surface area contributed by atoms with Crippen LogP contribution in [0.5, 0.6) is 0 Å². The van der Waals surface area contributed by atoms with Gasteiger partial charge < -0.3 is 5.32 Å². The first kappa shape index (κ1) is 14.3. The summed E-state index contributed by atoms with van der Waals surface area (Å²) in [4.78, 5) is 12.7. The standard InChI is InChI=1S/C17H25NO/c1-16(2,3)14-8-6-13(7-9-14)15(19)17(12-18-4)10-5-11-17/h6-9,18H,5,10-12H2,1-4H3. The summed E-state index contributed by atoms with van der Waals surface area (Å²) in [7, 11) is 1.93. The number of carbonyl (C=O) groups is 1. The van der Waals surface area contributed by atoms with E-state index >= 15 is 0 Å². The fraction of sp³-hybridized carbons (Fsp3) is 0.588. The number of rotatable bonds is 4. The second kappa shape index (κ2) is 5.09. The van der Waals surface area contributed by atoms with Crippen LogP contribution in [0.2, 0.25) is 0 Å². The highest BCUT2D eigenvalue weighted by Gasteiger charge is 2.43. The highest BCUT2D eigenvalue weighted by molar-refractivity contribution is 6.01. The van der Waals surface area contributed by atoms with E-state index in [9.17, 15) is 4.79 Å². The van der Waals surface area contributed by atoms with Crippen LogP contribution in [0.15, 0.2) is 24.3 Å². The van der Waals surface area contributed by atoms with E-state index in [2.05, 4.69) is 38.2 Å². The van der Waals surface area contributed by atoms with Gasteiger partial charge in [-0.2, -0.15) is 0 Å². The summed E-state index contributed by atoms with van der Waals surface area (Å²) < 4.78 is 0. The molecule has 0 bridgehead atoms. The topological polar surface area (TPSA) is 29.1 Å². The lowest BCUT2D eigenvalue weighted by Crippen LogP contribution is -2.45. The van der Waals surface area contributed by atoms with Gasteiger partial charge in [0, 0.05) is 17.5 Å². The van der Waals surface area contributed by atoms with E-state index in [4.69, 9.17) is 0 Å². The van der Waals surface area contributed by atoms with Crippen LogP contribution >= 0.6 is 0 Å². The van der Waals surface area contributed by atoms with Crippen molar-refractivity contribution in [3.8, 4) is 0 Å². The van der Waals surface area contributed by atoms with Crippen LogP contribution in [0, 0.1) is 5.41 Å². The van der Waals surface area contributed by atoms with Crippen molar-refractivity contribution in [2.75, 3.05) is 13.6 Å². The van der Waals surface area contributed by atoms with Gasteiger partial charge in [-0.1, -0.05) is 51.5 Å². The smallest absolute Gasteiger partial charge is 0.170 e. The third kappa shape index (κ3) is 2.74. The number of nitrogens with one attached hydrogen (secondary N) is 1. The van der Waals surface area contributed by atoms with Gasteiger partial charge in [0.05, 0.1) is 0 Å². The van der Waals surface area contributed by atoms with Crippen LogP contribution in [0.3, 0.4) is 0 Å². The normalized spacial score (nSPS) is 17.9. The summed E-state index contributed by atoms with van der Waals surface area (Å²) in [5, 5.41) is 3.18. The maximum atomic E-state index is 12.7. The van der Waals surface area contributed by atoms with Crippen molar-refractivity contribution in [2.45, 2.75) is 45.4 Å². The molecule has 2 heteroatoms.